The van der Waals surface area contributed by atoms with Crippen molar-refractivity contribution in [3.8, 4) is 0 Å². The van der Waals surface area contributed by atoms with Crippen LogP contribution >= 0.6 is 11.6 Å². The summed E-state index contributed by atoms with van der Waals surface area (Å²) in [5.74, 6) is -0.519. The third kappa shape index (κ3) is 4.33. The highest BCUT2D eigenvalue weighted by Gasteiger charge is 2.13. The fraction of sp³-hybridized carbons (Fsp3) is 0.417. The largest absolute Gasteiger partial charge is 0.466 e. The van der Waals surface area contributed by atoms with Crippen LogP contribution in [-0.4, -0.2) is 42.0 Å². The summed E-state index contributed by atoms with van der Waals surface area (Å²) < 4.78 is 4.79. The second-order valence-corrected chi connectivity index (χ2v) is 4.04. The van der Waals surface area contributed by atoms with Gasteiger partial charge in [0, 0.05) is 19.8 Å². The molecule has 0 bridgehead atoms. The van der Waals surface area contributed by atoms with Crippen molar-refractivity contribution in [3.05, 3.63) is 29.0 Å². The van der Waals surface area contributed by atoms with Gasteiger partial charge in [0.25, 0.3) is 5.91 Å². The van der Waals surface area contributed by atoms with Crippen LogP contribution in [0.1, 0.15) is 23.7 Å². The van der Waals surface area contributed by atoms with Crippen LogP contribution in [-0.2, 0) is 9.53 Å². The first kappa shape index (κ1) is 14.4. The zero-order valence-corrected chi connectivity index (χ0v) is 11.1. The lowest BCUT2D eigenvalue weighted by Gasteiger charge is -2.16. The lowest BCUT2D eigenvalue weighted by atomic mass is 10.2. The van der Waals surface area contributed by atoms with Crippen LogP contribution in [0.15, 0.2) is 18.3 Å². The van der Waals surface area contributed by atoms with Gasteiger partial charge in [-0.15, -0.1) is 0 Å². The fourth-order valence-corrected chi connectivity index (χ4v) is 1.43. The monoisotopic (exact) mass is 270 g/mol. The van der Waals surface area contributed by atoms with Crippen molar-refractivity contribution < 1.29 is 14.3 Å². The molecule has 0 aliphatic heterocycles. The zero-order valence-electron chi connectivity index (χ0n) is 10.4. The highest BCUT2D eigenvalue weighted by molar-refractivity contribution is 6.29. The SMILES string of the molecule is CCOC(=O)CCN(C)C(=O)c1ccc(Cl)nc1. The molecule has 0 unspecified atom stereocenters. The first-order chi connectivity index (χ1) is 8.54. The molecule has 18 heavy (non-hydrogen) atoms. The van der Waals surface area contributed by atoms with Crippen LogP contribution in [0.25, 0.3) is 0 Å². The van der Waals surface area contributed by atoms with Crippen molar-refractivity contribution in [2.24, 2.45) is 0 Å². The molecule has 1 heterocycles. The van der Waals surface area contributed by atoms with E-state index >= 15 is 0 Å². The van der Waals surface area contributed by atoms with E-state index in [4.69, 9.17) is 16.3 Å². The smallest absolute Gasteiger partial charge is 0.307 e. The van der Waals surface area contributed by atoms with Gasteiger partial charge in [-0.1, -0.05) is 11.6 Å². The highest BCUT2D eigenvalue weighted by Crippen LogP contribution is 2.07. The first-order valence-electron chi connectivity index (χ1n) is 5.57. The molecule has 1 aromatic rings. The van der Waals surface area contributed by atoms with E-state index in [0.717, 1.165) is 0 Å². The standard InChI is InChI=1S/C12H15ClN2O3/c1-3-18-11(16)6-7-15(2)12(17)9-4-5-10(13)14-8-9/h4-5,8H,3,6-7H2,1-2H3. The number of carbonyl (C=O) groups is 2. The van der Waals surface area contributed by atoms with E-state index in [1.54, 1.807) is 26.1 Å². The Morgan fingerprint density at radius 2 is 2.17 bits per heavy atom. The van der Waals surface area contributed by atoms with Gasteiger partial charge in [0.1, 0.15) is 5.15 Å². The van der Waals surface area contributed by atoms with E-state index in [-0.39, 0.29) is 18.3 Å². The van der Waals surface area contributed by atoms with Crippen LogP contribution in [0.5, 0.6) is 0 Å². The predicted octanol–water partition coefficient (Wildman–Crippen LogP) is 1.76. The van der Waals surface area contributed by atoms with Crippen molar-refractivity contribution in [2.75, 3.05) is 20.2 Å². The summed E-state index contributed by atoms with van der Waals surface area (Å²) in [4.78, 5) is 28.4. The Hall–Kier alpha value is -1.62. The Bertz CT molecular complexity index is 420. The quantitative estimate of drug-likeness (QED) is 0.604. The summed E-state index contributed by atoms with van der Waals surface area (Å²) in [7, 11) is 1.62. The molecule has 0 aliphatic rings. The number of hydrogen-bond donors (Lipinski definition) is 0. The summed E-state index contributed by atoms with van der Waals surface area (Å²) in [5, 5.41) is 0.334. The van der Waals surface area contributed by atoms with Gasteiger partial charge < -0.3 is 9.64 Å². The highest BCUT2D eigenvalue weighted by atomic mass is 35.5. The number of ether oxygens (including phenoxy) is 1. The molecule has 1 rings (SSSR count). The van der Waals surface area contributed by atoms with Crippen LogP contribution in [0.4, 0.5) is 0 Å². The van der Waals surface area contributed by atoms with Crippen molar-refractivity contribution in [1.29, 1.82) is 0 Å². The molecule has 98 valence electrons. The van der Waals surface area contributed by atoms with E-state index in [1.807, 2.05) is 0 Å². The van der Waals surface area contributed by atoms with Gasteiger partial charge in [-0.05, 0) is 19.1 Å². The molecule has 0 saturated carbocycles. The van der Waals surface area contributed by atoms with Gasteiger partial charge in [0.05, 0.1) is 18.6 Å². The Kier molecular flexibility index (Phi) is 5.58. The minimum Gasteiger partial charge on any atom is -0.466 e. The molecule has 1 amide bonds. The number of pyridine rings is 1. The number of aromatic nitrogens is 1. The molecule has 5 nitrogen and oxygen atoms in total. The fourth-order valence-electron chi connectivity index (χ4n) is 1.32. The average Bonchev–Trinajstić information content (AvgIpc) is 2.36. The second kappa shape index (κ2) is 6.96. The number of halogens is 1. The number of carbonyl (C=O) groups excluding carboxylic acids is 2. The van der Waals surface area contributed by atoms with Crippen LogP contribution in [0.2, 0.25) is 5.15 Å². The molecular formula is C12H15ClN2O3. The van der Waals surface area contributed by atoms with E-state index in [1.165, 1.54) is 11.1 Å². The maximum atomic E-state index is 11.9. The lowest BCUT2D eigenvalue weighted by molar-refractivity contribution is -0.143. The average molecular weight is 271 g/mol. The molecule has 0 aromatic carbocycles. The Balaban J connectivity index is 2.51. The Morgan fingerprint density at radius 3 is 2.72 bits per heavy atom. The van der Waals surface area contributed by atoms with E-state index in [2.05, 4.69) is 4.98 Å². The second-order valence-electron chi connectivity index (χ2n) is 3.65. The molecule has 0 aliphatic carbocycles. The number of esters is 1. The van der Waals surface area contributed by atoms with Crippen molar-refractivity contribution in [3.63, 3.8) is 0 Å². The lowest BCUT2D eigenvalue weighted by Crippen LogP contribution is -2.29. The zero-order chi connectivity index (χ0) is 13.5. The third-order valence-corrected chi connectivity index (χ3v) is 2.50. The van der Waals surface area contributed by atoms with Gasteiger partial charge in [-0.3, -0.25) is 9.59 Å². The molecule has 6 heteroatoms. The Labute approximate surface area is 111 Å². The molecule has 0 N–H and O–H groups in total. The first-order valence-corrected chi connectivity index (χ1v) is 5.95. The summed E-state index contributed by atoms with van der Waals surface area (Å²) in [6.07, 6.45) is 1.59. The van der Waals surface area contributed by atoms with Crippen molar-refractivity contribution in [2.45, 2.75) is 13.3 Å². The minimum atomic E-state index is -0.314. The summed E-state index contributed by atoms with van der Waals surface area (Å²) >= 11 is 5.64. The van der Waals surface area contributed by atoms with E-state index < -0.39 is 0 Å². The number of amides is 1. The molecule has 0 saturated heterocycles. The molecule has 0 radical (unpaired) electrons. The summed E-state index contributed by atoms with van der Waals surface area (Å²) in [6, 6.07) is 3.15. The van der Waals surface area contributed by atoms with E-state index in [0.29, 0.717) is 23.9 Å². The normalized spacial score (nSPS) is 9.94. The third-order valence-electron chi connectivity index (χ3n) is 2.28. The van der Waals surface area contributed by atoms with Crippen molar-refractivity contribution in [1.82, 2.24) is 9.88 Å². The maximum absolute atomic E-state index is 11.9. The summed E-state index contributed by atoms with van der Waals surface area (Å²) in [5.41, 5.74) is 0.436. The minimum absolute atomic E-state index is 0.178. The van der Waals surface area contributed by atoms with E-state index in [9.17, 15) is 9.59 Å². The maximum Gasteiger partial charge on any atom is 0.307 e. The van der Waals surface area contributed by atoms with Gasteiger partial charge in [-0.2, -0.15) is 0 Å². The molecule has 0 spiro atoms. The molecule has 0 atom stereocenters. The molecular weight excluding hydrogens is 256 g/mol. The number of hydrogen-bond acceptors (Lipinski definition) is 4. The number of nitrogens with zero attached hydrogens (tertiary/aromatic N) is 2. The molecule has 0 fully saturated rings. The van der Waals surface area contributed by atoms with Gasteiger partial charge in [0.15, 0.2) is 0 Å². The molecule has 1 aromatic heterocycles. The van der Waals surface area contributed by atoms with Gasteiger partial charge in [-0.25, -0.2) is 4.98 Å². The van der Waals surface area contributed by atoms with Crippen molar-refractivity contribution >= 4 is 23.5 Å². The van der Waals surface area contributed by atoms with Crippen LogP contribution in [0.3, 0.4) is 0 Å². The Morgan fingerprint density at radius 1 is 1.44 bits per heavy atom. The number of rotatable bonds is 5. The van der Waals surface area contributed by atoms with Crippen LogP contribution in [0, 0.1) is 0 Å². The summed E-state index contributed by atoms with van der Waals surface area (Å²) in [6.45, 7) is 2.39. The predicted molar refractivity (Wildman–Crippen MR) is 67.5 cm³/mol. The van der Waals surface area contributed by atoms with Gasteiger partial charge in [0.2, 0.25) is 0 Å². The topological polar surface area (TPSA) is 59.5 Å². The van der Waals surface area contributed by atoms with Crippen LogP contribution < -0.4 is 0 Å². The van der Waals surface area contributed by atoms with Gasteiger partial charge >= 0.3 is 5.97 Å².